The molecule has 0 aromatic carbocycles. The molecule has 1 aromatic heterocycles. The van der Waals surface area contributed by atoms with Crippen molar-refractivity contribution < 1.29 is 0 Å². The summed E-state index contributed by atoms with van der Waals surface area (Å²) in [6.45, 7) is 6.31. The van der Waals surface area contributed by atoms with Crippen LogP contribution in [0.5, 0.6) is 0 Å². The number of rotatable bonds is 7. The Kier molecular flexibility index (Phi) is 6.36. The predicted molar refractivity (Wildman–Crippen MR) is 65.3 cm³/mol. The van der Waals surface area contributed by atoms with Gasteiger partial charge in [0, 0.05) is 17.6 Å². The SMILES string of the molecule is CCNCCCCSc1nccc(C)n1. The molecule has 0 aliphatic carbocycles. The van der Waals surface area contributed by atoms with Crippen LogP contribution in [0.4, 0.5) is 0 Å². The molecule has 1 rings (SSSR count). The van der Waals surface area contributed by atoms with E-state index in [0.29, 0.717) is 0 Å². The fourth-order valence-electron chi connectivity index (χ4n) is 1.19. The Hall–Kier alpha value is -0.610. The molecule has 84 valence electrons. The zero-order valence-electron chi connectivity index (χ0n) is 9.49. The molecular weight excluding hydrogens is 206 g/mol. The Morgan fingerprint density at radius 2 is 2.27 bits per heavy atom. The molecule has 1 aromatic rings. The standard InChI is InChI=1S/C11H19N3S/c1-3-12-7-4-5-9-15-11-13-8-6-10(2)14-11/h6,8,12H,3-5,7,9H2,1-2H3. The summed E-state index contributed by atoms with van der Waals surface area (Å²) in [5, 5.41) is 4.22. The van der Waals surface area contributed by atoms with Gasteiger partial charge in [-0.2, -0.15) is 0 Å². The van der Waals surface area contributed by atoms with E-state index in [0.717, 1.165) is 29.7 Å². The van der Waals surface area contributed by atoms with Gasteiger partial charge in [-0.05, 0) is 38.9 Å². The van der Waals surface area contributed by atoms with Crippen LogP contribution in [0, 0.1) is 6.92 Å². The average Bonchev–Trinajstić information content (AvgIpc) is 2.23. The van der Waals surface area contributed by atoms with Crippen LogP contribution in [-0.2, 0) is 0 Å². The number of nitrogens with one attached hydrogen (secondary N) is 1. The predicted octanol–water partition coefficient (Wildman–Crippen LogP) is 2.27. The van der Waals surface area contributed by atoms with Crippen molar-refractivity contribution in [2.24, 2.45) is 0 Å². The van der Waals surface area contributed by atoms with Crippen molar-refractivity contribution in [1.82, 2.24) is 15.3 Å². The molecule has 0 saturated heterocycles. The zero-order valence-corrected chi connectivity index (χ0v) is 10.3. The number of thioether (sulfide) groups is 1. The summed E-state index contributed by atoms with van der Waals surface area (Å²) in [5.74, 6) is 1.11. The minimum atomic E-state index is 0.901. The summed E-state index contributed by atoms with van der Waals surface area (Å²) in [4.78, 5) is 8.55. The molecule has 0 amide bonds. The molecule has 0 saturated carbocycles. The highest BCUT2D eigenvalue weighted by Crippen LogP contribution is 2.13. The van der Waals surface area contributed by atoms with Crippen LogP contribution in [0.1, 0.15) is 25.5 Å². The topological polar surface area (TPSA) is 37.8 Å². The van der Waals surface area contributed by atoms with E-state index in [1.807, 2.05) is 19.2 Å². The normalized spacial score (nSPS) is 10.5. The van der Waals surface area contributed by atoms with Crippen molar-refractivity contribution in [3.05, 3.63) is 18.0 Å². The summed E-state index contributed by atoms with van der Waals surface area (Å²) < 4.78 is 0. The third-order valence-electron chi connectivity index (χ3n) is 2.00. The fraction of sp³-hybridized carbons (Fsp3) is 0.636. The maximum Gasteiger partial charge on any atom is 0.187 e. The van der Waals surface area contributed by atoms with Gasteiger partial charge in [0.1, 0.15) is 0 Å². The number of unbranched alkanes of at least 4 members (excludes halogenated alkanes) is 1. The van der Waals surface area contributed by atoms with E-state index in [1.54, 1.807) is 11.8 Å². The minimum Gasteiger partial charge on any atom is -0.317 e. The number of hydrogen-bond donors (Lipinski definition) is 1. The second-order valence-corrected chi connectivity index (χ2v) is 4.45. The van der Waals surface area contributed by atoms with Gasteiger partial charge in [0.25, 0.3) is 0 Å². The van der Waals surface area contributed by atoms with Crippen LogP contribution in [0.25, 0.3) is 0 Å². The molecule has 4 heteroatoms. The fourth-order valence-corrected chi connectivity index (χ4v) is 2.06. The molecule has 1 heterocycles. The van der Waals surface area contributed by atoms with Crippen molar-refractivity contribution >= 4 is 11.8 Å². The van der Waals surface area contributed by atoms with Crippen LogP contribution in [0.2, 0.25) is 0 Å². The molecule has 0 unspecified atom stereocenters. The number of aromatic nitrogens is 2. The highest BCUT2D eigenvalue weighted by Gasteiger charge is 1.97. The molecule has 0 radical (unpaired) electrons. The lowest BCUT2D eigenvalue weighted by molar-refractivity contribution is 0.665. The van der Waals surface area contributed by atoms with E-state index in [1.165, 1.54) is 12.8 Å². The maximum atomic E-state index is 4.34. The first kappa shape index (κ1) is 12.5. The highest BCUT2D eigenvalue weighted by molar-refractivity contribution is 7.99. The number of aryl methyl sites for hydroxylation is 1. The van der Waals surface area contributed by atoms with Crippen molar-refractivity contribution in [3.8, 4) is 0 Å². The Morgan fingerprint density at radius 3 is 3.00 bits per heavy atom. The molecule has 3 nitrogen and oxygen atoms in total. The van der Waals surface area contributed by atoms with Gasteiger partial charge < -0.3 is 5.32 Å². The third kappa shape index (κ3) is 5.74. The van der Waals surface area contributed by atoms with Crippen LogP contribution in [0.3, 0.4) is 0 Å². The van der Waals surface area contributed by atoms with Gasteiger partial charge in [-0.15, -0.1) is 0 Å². The summed E-state index contributed by atoms with van der Waals surface area (Å²) in [6, 6.07) is 1.93. The van der Waals surface area contributed by atoms with Crippen molar-refractivity contribution in [1.29, 1.82) is 0 Å². The summed E-state index contributed by atoms with van der Waals surface area (Å²) in [6.07, 6.45) is 4.27. The van der Waals surface area contributed by atoms with Crippen LogP contribution < -0.4 is 5.32 Å². The third-order valence-corrected chi connectivity index (χ3v) is 2.95. The molecule has 0 spiro atoms. The second-order valence-electron chi connectivity index (χ2n) is 3.39. The first-order chi connectivity index (χ1) is 7.33. The maximum absolute atomic E-state index is 4.34. The molecule has 0 aliphatic rings. The molecular formula is C11H19N3S. The zero-order chi connectivity index (χ0) is 10.9. The molecule has 15 heavy (non-hydrogen) atoms. The second kappa shape index (κ2) is 7.65. The van der Waals surface area contributed by atoms with E-state index in [4.69, 9.17) is 0 Å². The van der Waals surface area contributed by atoms with E-state index in [9.17, 15) is 0 Å². The van der Waals surface area contributed by atoms with Gasteiger partial charge in [0.2, 0.25) is 0 Å². The van der Waals surface area contributed by atoms with Gasteiger partial charge in [0.05, 0.1) is 0 Å². The monoisotopic (exact) mass is 225 g/mol. The smallest absolute Gasteiger partial charge is 0.187 e. The van der Waals surface area contributed by atoms with E-state index in [-0.39, 0.29) is 0 Å². The van der Waals surface area contributed by atoms with Crippen molar-refractivity contribution in [3.63, 3.8) is 0 Å². The molecule has 0 fully saturated rings. The lowest BCUT2D eigenvalue weighted by Gasteiger charge is -2.01. The van der Waals surface area contributed by atoms with Crippen molar-refractivity contribution in [2.75, 3.05) is 18.8 Å². The summed E-state index contributed by atoms with van der Waals surface area (Å²) in [5.41, 5.74) is 1.04. The Balaban J connectivity index is 2.10. The average molecular weight is 225 g/mol. The first-order valence-electron chi connectivity index (χ1n) is 5.46. The lowest BCUT2D eigenvalue weighted by Crippen LogP contribution is -2.13. The highest BCUT2D eigenvalue weighted by atomic mass is 32.2. The van der Waals surface area contributed by atoms with E-state index >= 15 is 0 Å². The number of nitrogens with zero attached hydrogens (tertiary/aromatic N) is 2. The van der Waals surface area contributed by atoms with Gasteiger partial charge in [-0.1, -0.05) is 18.7 Å². The molecule has 0 aliphatic heterocycles. The Bertz CT molecular complexity index is 278. The number of hydrogen-bond acceptors (Lipinski definition) is 4. The first-order valence-corrected chi connectivity index (χ1v) is 6.44. The largest absolute Gasteiger partial charge is 0.317 e. The van der Waals surface area contributed by atoms with E-state index in [2.05, 4.69) is 22.2 Å². The molecule has 0 bridgehead atoms. The molecule has 1 N–H and O–H groups in total. The Labute approximate surface area is 96.1 Å². The lowest BCUT2D eigenvalue weighted by atomic mass is 10.3. The van der Waals surface area contributed by atoms with Gasteiger partial charge in [-0.25, -0.2) is 9.97 Å². The van der Waals surface area contributed by atoms with Gasteiger partial charge >= 0.3 is 0 Å². The molecule has 0 atom stereocenters. The van der Waals surface area contributed by atoms with Crippen LogP contribution in [-0.4, -0.2) is 28.8 Å². The summed E-state index contributed by atoms with van der Waals surface area (Å²) >= 11 is 1.74. The van der Waals surface area contributed by atoms with Crippen LogP contribution >= 0.6 is 11.8 Å². The Morgan fingerprint density at radius 1 is 1.40 bits per heavy atom. The van der Waals surface area contributed by atoms with E-state index < -0.39 is 0 Å². The minimum absolute atomic E-state index is 0.901. The van der Waals surface area contributed by atoms with Crippen molar-refractivity contribution in [2.45, 2.75) is 31.8 Å². The van der Waals surface area contributed by atoms with Crippen LogP contribution in [0.15, 0.2) is 17.4 Å². The van der Waals surface area contributed by atoms with Gasteiger partial charge in [0.15, 0.2) is 5.16 Å². The quantitative estimate of drug-likeness (QED) is 0.439. The van der Waals surface area contributed by atoms with Gasteiger partial charge in [-0.3, -0.25) is 0 Å². The summed E-state index contributed by atoms with van der Waals surface area (Å²) in [7, 11) is 0.